The first-order chi connectivity index (χ1) is 10.5. The number of nitrogens with zero attached hydrogens (tertiary/aromatic N) is 1. The number of benzene rings is 1. The molecule has 1 aromatic carbocycles. The maximum absolute atomic E-state index is 12.6. The largest absolute Gasteiger partial charge is 0.395 e. The molecule has 3 unspecified atom stereocenters. The SMILES string of the molecule is O=C1CN(CCO)C(=O)C2CC(O)Cc3cc(Cl)ccc3C12. The summed E-state index contributed by atoms with van der Waals surface area (Å²) in [7, 11) is 0. The summed E-state index contributed by atoms with van der Waals surface area (Å²) in [5, 5.41) is 19.8. The maximum atomic E-state index is 12.6. The average molecular weight is 324 g/mol. The second-order valence-corrected chi connectivity index (χ2v) is 6.41. The Morgan fingerprint density at radius 1 is 1.32 bits per heavy atom. The second kappa shape index (κ2) is 5.99. The van der Waals surface area contributed by atoms with Gasteiger partial charge in [0, 0.05) is 11.6 Å². The number of carbonyl (C=O) groups is 2. The summed E-state index contributed by atoms with van der Waals surface area (Å²) < 4.78 is 0. The molecule has 3 atom stereocenters. The van der Waals surface area contributed by atoms with Gasteiger partial charge in [-0.25, -0.2) is 0 Å². The van der Waals surface area contributed by atoms with Crippen molar-refractivity contribution in [2.24, 2.45) is 5.92 Å². The number of fused-ring (bicyclic) bond motifs is 3. The molecule has 2 N–H and O–H groups in total. The number of hydrogen-bond donors (Lipinski definition) is 2. The predicted molar refractivity (Wildman–Crippen MR) is 80.7 cm³/mol. The Morgan fingerprint density at radius 2 is 2.09 bits per heavy atom. The standard InChI is InChI=1S/C16H18ClNO4/c17-10-1-2-12-9(5-10)6-11(20)7-13-15(12)14(21)8-18(3-4-19)16(13)22/h1-2,5,11,13,15,19-20H,3-4,6-8H2. The maximum Gasteiger partial charge on any atom is 0.227 e. The number of carbonyl (C=O) groups excluding carboxylic acids is 2. The second-order valence-electron chi connectivity index (χ2n) is 5.97. The number of ketones is 1. The van der Waals surface area contributed by atoms with Crippen LogP contribution in [0.5, 0.6) is 0 Å². The van der Waals surface area contributed by atoms with Crippen molar-refractivity contribution in [3.63, 3.8) is 0 Å². The molecule has 1 fully saturated rings. The summed E-state index contributed by atoms with van der Waals surface area (Å²) in [4.78, 5) is 26.6. The molecule has 0 spiro atoms. The van der Waals surface area contributed by atoms with E-state index in [4.69, 9.17) is 16.7 Å². The molecule has 22 heavy (non-hydrogen) atoms. The van der Waals surface area contributed by atoms with E-state index in [1.807, 2.05) is 0 Å². The van der Waals surface area contributed by atoms with Crippen LogP contribution < -0.4 is 0 Å². The van der Waals surface area contributed by atoms with Gasteiger partial charge in [-0.05, 0) is 36.1 Å². The first kappa shape index (κ1) is 15.5. The van der Waals surface area contributed by atoms with Crippen molar-refractivity contribution in [3.05, 3.63) is 34.3 Å². The molecule has 118 valence electrons. The lowest BCUT2D eigenvalue weighted by atomic mass is 9.77. The first-order valence-electron chi connectivity index (χ1n) is 7.40. The van der Waals surface area contributed by atoms with Crippen LogP contribution in [0.25, 0.3) is 0 Å². The lowest BCUT2D eigenvalue weighted by Gasteiger charge is -2.36. The molecule has 2 aliphatic rings. The van der Waals surface area contributed by atoms with Gasteiger partial charge in [0.05, 0.1) is 31.1 Å². The Morgan fingerprint density at radius 3 is 2.82 bits per heavy atom. The highest BCUT2D eigenvalue weighted by molar-refractivity contribution is 6.30. The van der Waals surface area contributed by atoms with Crippen molar-refractivity contribution in [2.75, 3.05) is 19.7 Å². The Hall–Kier alpha value is -1.43. The summed E-state index contributed by atoms with van der Waals surface area (Å²) in [5.74, 6) is -1.30. The molecule has 1 aliphatic carbocycles. The van der Waals surface area contributed by atoms with Gasteiger partial charge in [-0.15, -0.1) is 0 Å². The quantitative estimate of drug-likeness (QED) is 0.842. The molecule has 5 nitrogen and oxygen atoms in total. The summed E-state index contributed by atoms with van der Waals surface area (Å²) in [6.07, 6.45) is -0.0366. The predicted octanol–water partition coefficient (Wildman–Crippen LogP) is 0.751. The van der Waals surface area contributed by atoms with E-state index in [2.05, 4.69) is 0 Å². The zero-order chi connectivity index (χ0) is 15.9. The zero-order valence-electron chi connectivity index (χ0n) is 12.0. The number of likely N-dealkylation sites (tertiary alicyclic amines) is 1. The zero-order valence-corrected chi connectivity index (χ0v) is 12.8. The van der Waals surface area contributed by atoms with Gasteiger partial charge >= 0.3 is 0 Å². The van der Waals surface area contributed by atoms with E-state index >= 15 is 0 Å². The van der Waals surface area contributed by atoms with Crippen molar-refractivity contribution in [3.8, 4) is 0 Å². The summed E-state index contributed by atoms with van der Waals surface area (Å²) >= 11 is 6.01. The van der Waals surface area contributed by atoms with Crippen molar-refractivity contribution < 1.29 is 19.8 Å². The number of halogens is 1. The number of rotatable bonds is 2. The van der Waals surface area contributed by atoms with E-state index < -0.39 is 17.9 Å². The van der Waals surface area contributed by atoms with E-state index in [1.54, 1.807) is 18.2 Å². The minimum Gasteiger partial charge on any atom is -0.395 e. The fourth-order valence-corrected chi connectivity index (χ4v) is 3.78. The fourth-order valence-electron chi connectivity index (χ4n) is 3.59. The number of hydrogen-bond acceptors (Lipinski definition) is 4. The molecule has 6 heteroatoms. The van der Waals surface area contributed by atoms with Gasteiger partial charge in [0.25, 0.3) is 0 Å². The smallest absolute Gasteiger partial charge is 0.227 e. The molecule has 1 amide bonds. The minimum atomic E-state index is -0.682. The Bertz CT molecular complexity index is 618. The van der Waals surface area contributed by atoms with Gasteiger partial charge in [-0.2, -0.15) is 0 Å². The third kappa shape index (κ3) is 2.64. The van der Waals surface area contributed by atoms with E-state index in [-0.39, 0.29) is 37.8 Å². The van der Waals surface area contributed by atoms with Crippen LogP contribution >= 0.6 is 11.6 Å². The molecule has 0 aromatic heterocycles. The van der Waals surface area contributed by atoms with Gasteiger partial charge in [0.15, 0.2) is 5.78 Å². The van der Waals surface area contributed by atoms with E-state index in [0.717, 1.165) is 11.1 Å². The van der Waals surface area contributed by atoms with Crippen LogP contribution in [0.1, 0.15) is 23.5 Å². The lowest BCUT2D eigenvalue weighted by molar-refractivity contribution is -0.148. The van der Waals surface area contributed by atoms with Crippen LogP contribution in [0, 0.1) is 5.92 Å². The van der Waals surface area contributed by atoms with Crippen LogP contribution in [-0.2, 0) is 16.0 Å². The number of aliphatic hydroxyl groups is 2. The molecule has 1 heterocycles. The average Bonchev–Trinajstić information content (AvgIpc) is 2.60. The highest BCUT2D eigenvalue weighted by Crippen LogP contribution is 2.40. The van der Waals surface area contributed by atoms with Crippen molar-refractivity contribution >= 4 is 23.3 Å². The van der Waals surface area contributed by atoms with Crippen molar-refractivity contribution in [1.82, 2.24) is 4.90 Å². The van der Waals surface area contributed by atoms with E-state index in [1.165, 1.54) is 4.90 Å². The number of aliphatic hydroxyl groups excluding tert-OH is 2. The molecule has 1 aromatic rings. The topological polar surface area (TPSA) is 77.8 Å². The normalized spacial score (nSPS) is 28.1. The number of β-amino-alcohol motifs (C(OH)–C–C–N with tert-alkyl or cyclic N) is 1. The van der Waals surface area contributed by atoms with Gasteiger partial charge in [0.2, 0.25) is 5.91 Å². The summed E-state index contributed by atoms with van der Waals surface area (Å²) in [6.45, 7) is -0.0127. The van der Waals surface area contributed by atoms with Crippen LogP contribution in [0.4, 0.5) is 0 Å². The summed E-state index contributed by atoms with van der Waals surface area (Å²) in [5.41, 5.74) is 1.64. The monoisotopic (exact) mass is 323 g/mol. The van der Waals surface area contributed by atoms with Gasteiger partial charge in [0.1, 0.15) is 0 Å². The molecular weight excluding hydrogens is 306 g/mol. The third-order valence-corrected chi connectivity index (χ3v) is 4.75. The minimum absolute atomic E-state index is 0.0126. The molecular formula is C16H18ClNO4. The number of amides is 1. The number of Topliss-reactive ketones (excluding diaryl/α,β-unsaturated/α-hetero) is 1. The lowest BCUT2D eigenvalue weighted by Crippen LogP contribution is -2.51. The van der Waals surface area contributed by atoms with Gasteiger partial charge < -0.3 is 15.1 Å². The highest BCUT2D eigenvalue weighted by atomic mass is 35.5. The van der Waals surface area contributed by atoms with Crippen LogP contribution in [0.3, 0.4) is 0 Å². The molecule has 0 radical (unpaired) electrons. The Labute approximate surface area is 133 Å². The Balaban J connectivity index is 2.04. The van der Waals surface area contributed by atoms with Crippen molar-refractivity contribution in [1.29, 1.82) is 0 Å². The first-order valence-corrected chi connectivity index (χ1v) is 7.77. The highest BCUT2D eigenvalue weighted by Gasteiger charge is 2.45. The molecule has 1 aliphatic heterocycles. The van der Waals surface area contributed by atoms with Crippen LogP contribution in [0.15, 0.2) is 18.2 Å². The van der Waals surface area contributed by atoms with E-state index in [0.29, 0.717) is 11.4 Å². The molecule has 0 saturated carbocycles. The van der Waals surface area contributed by atoms with Crippen molar-refractivity contribution in [2.45, 2.75) is 24.9 Å². The summed E-state index contributed by atoms with van der Waals surface area (Å²) in [6, 6.07) is 5.27. The van der Waals surface area contributed by atoms with Crippen LogP contribution in [-0.4, -0.2) is 52.6 Å². The van der Waals surface area contributed by atoms with Crippen LogP contribution in [0.2, 0.25) is 5.02 Å². The molecule has 3 rings (SSSR count). The molecule has 1 saturated heterocycles. The molecule has 0 bridgehead atoms. The van der Waals surface area contributed by atoms with Gasteiger partial charge in [-0.3, -0.25) is 9.59 Å². The third-order valence-electron chi connectivity index (χ3n) is 4.52. The van der Waals surface area contributed by atoms with E-state index in [9.17, 15) is 14.7 Å². The number of piperidine rings is 1. The van der Waals surface area contributed by atoms with Gasteiger partial charge in [-0.1, -0.05) is 17.7 Å². The Kier molecular flexibility index (Phi) is 4.21. The fraction of sp³-hybridized carbons (Fsp3) is 0.500.